The van der Waals surface area contributed by atoms with Crippen molar-refractivity contribution in [1.82, 2.24) is 5.32 Å². The summed E-state index contributed by atoms with van der Waals surface area (Å²) in [6.07, 6.45) is 2.10. The first-order chi connectivity index (χ1) is 8.97. The monoisotopic (exact) mass is 375 g/mol. The smallest absolute Gasteiger partial charge is 0.270 e. The van der Waals surface area contributed by atoms with Crippen molar-refractivity contribution in [3.63, 3.8) is 0 Å². The third-order valence-corrected chi connectivity index (χ3v) is 3.75. The number of amides is 1. The minimum atomic E-state index is -0.435. The van der Waals surface area contributed by atoms with E-state index in [4.69, 9.17) is 0 Å². The number of anilines is 1. The minimum Gasteiger partial charge on any atom is -0.373 e. The van der Waals surface area contributed by atoms with Crippen LogP contribution in [0, 0.1) is 13.7 Å². The van der Waals surface area contributed by atoms with Crippen molar-refractivity contribution in [2.75, 3.05) is 5.32 Å². The molecule has 0 radical (unpaired) electrons. The Morgan fingerprint density at radius 2 is 2.21 bits per heavy atom. The third-order valence-electron chi connectivity index (χ3n) is 2.85. The molecule has 6 nitrogen and oxygen atoms in total. The highest BCUT2D eigenvalue weighted by atomic mass is 127. The largest absolute Gasteiger partial charge is 0.373 e. The number of hydrogen-bond acceptors (Lipinski definition) is 4. The zero-order valence-electron chi connectivity index (χ0n) is 10.4. The summed E-state index contributed by atoms with van der Waals surface area (Å²) in [5, 5.41) is 16.6. The van der Waals surface area contributed by atoms with Crippen molar-refractivity contribution >= 4 is 39.9 Å². The van der Waals surface area contributed by atoms with Crippen LogP contribution in [0.4, 0.5) is 11.4 Å². The van der Waals surface area contributed by atoms with E-state index in [2.05, 4.69) is 10.6 Å². The van der Waals surface area contributed by atoms with E-state index in [-0.39, 0.29) is 17.6 Å². The van der Waals surface area contributed by atoms with Crippen molar-refractivity contribution in [2.24, 2.45) is 0 Å². The summed E-state index contributed by atoms with van der Waals surface area (Å²) in [7, 11) is 0. The molecule has 1 unspecified atom stereocenters. The van der Waals surface area contributed by atoms with Gasteiger partial charge in [-0.25, -0.2) is 0 Å². The molecule has 1 aromatic rings. The first-order valence-corrected chi connectivity index (χ1v) is 7.06. The summed E-state index contributed by atoms with van der Waals surface area (Å²) in [6.45, 7) is 1.77. The molecule has 0 spiro atoms. The molecule has 102 valence electrons. The minimum absolute atomic E-state index is 0.0448. The van der Waals surface area contributed by atoms with Crippen LogP contribution in [-0.2, 0) is 4.79 Å². The highest BCUT2D eigenvalue weighted by Gasteiger charge is 2.25. The van der Waals surface area contributed by atoms with Crippen molar-refractivity contribution in [3.05, 3.63) is 31.9 Å². The lowest BCUT2D eigenvalue weighted by Crippen LogP contribution is -2.38. The third kappa shape index (κ3) is 3.79. The first kappa shape index (κ1) is 14.0. The Morgan fingerprint density at radius 1 is 1.53 bits per heavy atom. The predicted octanol–water partition coefficient (Wildman–Crippen LogP) is 2.28. The molecular formula is C12H14IN3O3. The molecule has 0 bridgehead atoms. The standard InChI is InChI=1S/C12H14IN3O3/c1-7(12(17)15-8-2-3-8)14-11-5-4-9(16(18)19)6-10(11)13/h4-8,14H,2-3H2,1H3,(H,15,17). The maximum Gasteiger partial charge on any atom is 0.270 e. The molecule has 1 fully saturated rings. The van der Waals surface area contributed by atoms with E-state index < -0.39 is 4.92 Å². The van der Waals surface area contributed by atoms with E-state index in [9.17, 15) is 14.9 Å². The number of non-ortho nitro benzene ring substituents is 1. The van der Waals surface area contributed by atoms with Gasteiger partial charge in [-0.15, -0.1) is 0 Å². The van der Waals surface area contributed by atoms with Crippen LogP contribution in [0.3, 0.4) is 0 Å². The Bertz CT molecular complexity index is 517. The zero-order valence-corrected chi connectivity index (χ0v) is 12.5. The number of nitrogens with one attached hydrogen (secondary N) is 2. The predicted molar refractivity (Wildman–Crippen MR) is 80.1 cm³/mol. The highest BCUT2D eigenvalue weighted by Crippen LogP contribution is 2.24. The number of benzene rings is 1. The highest BCUT2D eigenvalue weighted by molar-refractivity contribution is 14.1. The molecule has 7 heteroatoms. The first-order valence-electron chi connectivity index (χ1n) is 5.98. The van der Waals surface area contributed by atoms with Crippen molar-refractivity contribution in [2.45, 2.75) is 31.8 Å². The number of nitrogens with zero attached hydrogens (tertiary/aromatic N) is 1. The van der Waals surface area contributed by atoms with E-state index in [0.717, 1.165) is 22.1 Å². The molecule has 1 amide bonds. The molecular weight excluding hydrogens is 361 g/mol. The van der Waals surface area contributed by atoms with E-state index >= 15 is 0 Å². The lowest BCUT2D eigenvalue weighted by Gasteiger charge is -2.16. The van der Waals surface area contributed by atoms with Crippen LogP contribution in [0.2, 0.25) is 0 Å². The maximum absolute atomic E-state index is 11.8. The van der Waals surface area contributed by atoms with Gasteiger partial charge in [0.15, 0.2) is 0 Å². The van der Waals surface area contributed by atoms with Crippen LogP contribution in [0.1, 0.15) is 19.8 Å². The molecule has 1 atom stereocenters. The Hall–Kier alpha value is -1.38. The van der Waals surface area contributed by atoms with Crippen LogP contribution >= 0.6 is 22.6 Å². The number of carbonyl (C=O) groups excluding carboxylic acids is 1. The number of nitro benzene ring substituents is 1. The van der Waals surface area contributed by atoms with Crippen LogP contribution in [0.25, 0.3) is 0 Å². The SMILES string of the molecule is CC(Nc1ccc([N+](=O)[O-])cc1I)C(=O)NC1CC1. The van der Waals surface area contributed by atoms with Gasteiger partial charge in [0, 0.05) is 27.4 Å². The van der Waals surface area contributed by atoms with E-state index in [1.807, 2.05) is 22.6 Å². The fourth-order valence-electron chi connectivity index (χ4n) is 1.59. The lowest BCUT2D eigenvalue weighted by atomic mass is 10.2. The topological polar surface area (TPSA) is 84.3 Å². The number of hydrogen-bond donors (Lipinski definition) is 2. The summed E-state index contributed by atoms with van der Waals surface area (Å²) in [5.41, 5.74) is 0.773. The fourth-order valence-corrected chi connectivity index (χ4v) is 2.24. The summed E-state index contributed by atoms with van der Waals surface area (Å²) < 4.78 is 0.720. The molecule has 19 heavy (non-hydrogen) atoms. The molecule has 0 saturated heterocycles. The Morgan fingerprint density at radius 3 is 2.74 bits per heavy atom. The fraction of sp³-hybridized carbons (Fsp3) is 0.417. The summed E-state index contributed by atoms with van der Waals surface area (Å²) in [4.78, 5) is 22.0. The number of nitro groups is 1. The average molecular weight is 375 g/mol. The van der Waals surface area contributed by atoms with Gasteiger partial charge in [-0.3, -0.25) is 14.9 Å². The number of halogens is 1. The van der Waals surface area contributed by atoms with Gasteiger partial charge in [-0.1, -0.05) is 0 Å². The van der Waals surface area contributed by atoms with Gasteiger partial charge in [-0.2, -0.15) is 0 Å². The molecule has 0 aromatic heterocycles. The van der Waals surface area contributed by atoms with Crippen LogP contribution < -0.4 is 10.6 Å². The second kappa shape index (κ2) is 5.72. The van der Waals surface area contributed by atoms with Crippen LogP contribution in [-0.4, -0.2) is 22.9 Å². The normalized spacial score (nSPS) is 15.7. The quantitative estimate of drug-likeness (QED) is 0.470. The zero-order chi connectivity index (χ0) is 14.0. The summed E-state index contributed by atoms with van der Waals surface area (Å²) in [6, 6.07) is 4.49. The molecule has 2 N–H and O–H groups in total. The van der Waals surface area contributed by atoms with E-state index in [1.54, 1.807) is 13.0 Å². The van der Waals surface area contributed by atoms with Gasteiger partial charge in [0.1, 0.15) is 6.04 Å². The van der Waals surface area contributed by atoms with Gasteiger partial charge in [0.05, 0.1) is 4.92 Å². The van der Waals surface area contributed by atoms with Gasteiger partial charge < -0.3 is 10.6 Å². The molecule has 1 saturated carbocycles. The van der Waals surface area contributed by atoms with Crippen molar-refractivity contribution < 1.29 is 9.72 Å². The average Bonchev–Trinajstić information content (AvgIpc) is 3.15. The van der Waals surface area contributed by atoms with Crippen molar-refractivity contribution in [1.29, 1.82) is 0 Å². The number of carbonyl (C=O) groups is 1. The number of rotatable bonds is 5. The van der Waals surface area contributed by atoms with Gasteiger partial charge in [-0.05, 0) is 48.4 Å². The molecule has 0 heterocycles. The van der Waals surface area contributed by atoms with E-state index in [1.165, 1.54) is 12.1 Å². The molecule has 1 aromatic carbocycles. The lowest BCUT2D eigenvalue weighted by molar-refractivity contribution is -0.384. The Kier molecular flexibility index (Phi) is 4.23. The summed E-state index contributed by atoms with van der Waals surface area (Å²) >= 11 is 2.02. The Balaban J connectivity index is 2.01. The van der Waals surface area contributed by atoms with Gasteiger partial charge >= 0.3 is 0 Å². The van der Waals surface area contributed by atoms with E-state index in [0.29, 0.717) is 6.04 Å². The van der Waals surface area contributed by atoms with Crippen LogP contribution in [0.5, 0.6) is 0 Å². The molecule has 1 aliphatic rings. The van der Waals surface area contributed by atoms with Gasteiger partial charge in [0.25, 0.3) is 5.69 Å². The summed E-state index contributed by atoms with van der Waals surface area (Å²) in [5.74, 6) is -0.0448. The molecule has 0 aliphatic heterocycles. The second-order valence-corrected chi connectivity index (χ2v) is 5.73. The van der Waals surface area contributed by atoms with Crippen molar-refractivity contribution in [3.8, 4) is 0 Å². The maximum atomic E-state index is 11.8. The van der Waals surface area contributed by atoms with Crippen LogP contribution in [0.15, 0.2) is 18.2 Å². The second-order valence-electron chi connectivity index (χ2n) is 4.57. The van der Waals surface area contributed by atoms with Gasteiger partial charge in [0.2, 0.25) is 5.91 Å². The molecule has 1 aliphatic carbocycles. The Labute approximate surface area is 124 Å². The molecule has 2 rings (SSSR count).